The van der Waals surface area contributed by atoms with Crippen LogP contribution in [0.15, 0.2) is 40.4 Å². The van der Waals surface area contributed by atoms with E-state index in [0.29, 0.717) is 6.42 Å². The van der Waals surface area contributed by atoms with Gasteiger partial charge in [-0.05, 0) is 31.0 Å². The number of hydrogen-bond donors (Lipinski definition) is 1. The Morgan fingerprint density at radius 2 is 2.29 bits per heavy atom. The molecule has 0 fully saturated rings. The summed E-state index contributed by atoms with van der Waals surface area (Å²) in [4.78, 5) is 10.4. The van der Waals surface area contributed by atoms with Crippen LogP contribution in [0.25, 0.3) is 0 Å². The summed E-state index contributed by atoms with van der Waals surface area (Å²) in [5.74, 6) is -0.891. The summed E-state index contributed by atoms with van der Waals surface area (Å²) in [6.07, 6.45) is 1.91. The van der Waals surface area contributed by atoms with Crippen LogP contribution in [0.2, 0.25) is 0 Å². The van der Waals surface area contributed by atoms with E-state index in [2.05, 4.69) is 15.9 Å². The number of halogens is 1. The molecule has 2 nitrogen and oxygen atoms in total. The van der Waals surface area contributed by atoms with Crippen molar-refractivity contribution in [3.63, 3.8) is 0 Å². The van der Waals surface area contributed by atoms with Gasteiger partial charge in [0.05, 0.1) is 0 Å². The van der Waals surface area contributed by atoms with Crippen LogP contribution < -0.4 is 0 Å². The lowest BCUT2D eigenvalue weighted by Gasteiger charge is -2.01. The van der Waals surface area contributed by atoms with E-state index in [1.54, 1.807) is 0 Å². The zero-order valence-corrected chi connectivity index (χ0v) is 9.41. The van der Waals surface area contributed by atoms with Crippen LogP contribution >= 0.6 is 15.9 Å². The fraction of sp³-hybridized carbons (Fsp3) is 0.182. The maximum atomic E-state index is 10.4. The number of carboxylic acids is 1. The molecule has 1 N–H and O–H groups in total. The molecule has 0 aliphatic rings. The van der Waals surface area contributed by atoms with Gasteiger partial charge in [-0.2, -0.15) is 0 Å². The first kappa shape index (κ1) is 11.0. The van der Waals surface area contributed by atoms with E-state index in [1.807, 2.05) is 31.2 Å². The highest BCUT2D eigenvalue weighted by Gasteiger charge is 1.97. The predicted octanol–water partition coefficient (Wildman–Crippen LogP) is 3.02. The number of aliphatic carboxylic acids is 1. The molecule has 0 spiro atoms. The molecule has 3 heteroatoms. The maximum Gasteiger partial charge on any atom is 0.328 e. The normalized spacial score (nSPS) is 11.4. The Morgan fingerprint density at radius 3 is 2.86 bits per heavy atom. The third-order valence-corrected chi connectivity index (χ3v) is 2.24. The van der Waals surface area contributed by atoms with Gasteiger partial charge >= 0.3 is 5.97 Å². The van der Waals surface area contributed by atoms with Crippen molar-refractivity contribution in [1.82, 2.24) is 0 Å². The third-order valence-electron chi connectivity index (χ3n) is 1.74. The van der Waals surface area contributed by atoms with Crippen LogP contribution in [-0.2, 0) is 11.2 Å². The summed E-state index contributed by atoms with van der Waals surface area (Å²) in [6, 6.07) is 7.84. The van der Waals surface area contributed by atoms with Gasteiger partial charge in [-0.25, -0.2) is 4.79 Å². The first-order valence-corrected chi connectivity index (χ1v) is 5.02. The molecular weight excluding hydrogens is 244 g/mol. The van der Waals surface area contributed by atoms with Gasteiger partial charge in [-0.15, -0.1) is 0 Å². The van der Waals surface area contributed by atoms with Crippen molar-refractivity contribution in [1.29, 1.82) is 0 Å². The molecule has 74 valence electrons. The average Bonchev–Trinajstić information content (AvgIpc) is 2.01. The third kappa shape index (κ3) is 3.75. The molecule has 0 aliphatic heterocycles. The fourth-order valence-electron chi connectivity index (χ4n) is 1.23. The van der Waals surface area contributed by atoms with Crippen molar-refractivity contribution in [2.45, 2.75) is 13.3 Å². The van der Waals surface area contributed by atoms with E-state index in [4.69, 9.17) is 5.11 Å². The summed E-state index contributed by atoms with van der Waals surface area (Å²) >= 11 is 3.37. The van der Waals surface area contributed by atoms with Crippen LogP contribution in [0.1, 0.15) is 12.5 Å². The number of allylic oxidation sites excluding steroid dienone is 1. The molecule has 0 radical (unpaired) electrons. The fourth-order valence-corrected chi connectivity index (χ4v) is 1.68. The van der Waals surface area contributed by atoms with Gasteiger partial charge < -0.3 is 5.11 Å². The second kappa shape index (κ2) is 4.96. The zero-order chi connectivity index (χ0) is 10.6. The van der Waals surface area contributed by atoms with Gasteiger partial charge in [0.15, 0.2) is 0 Å². The van der Waals surface area contributed by atoms with E-state index in [9.17, 15) is 4.79 Å². The van der Waals surface area contributed by atoms with Gasteiger partial charge in [0.1, 0.15) is 0 Å². The lowest BCUT2D eigenvalue weighted by atomic mass is 10.1. The Labute approximate surface area is 91.4 Å². The SMILES string of the molecule is C/C(=C/C(=O)O)Cc1cccc(Br)c1. The molecule has 1 rings (SSSR count). The number of carboxylic acid groups (broad SMARTS) is 1. The first-order valence-electron chi connectivity index (χ1n) is 4.22. The molecule has 0 heterocycles. The van der Waals surface area contributed by atoms with E-state index in [-0.39, 0.29) is 0 Å². The lowest BCUT2D eigenvalue weighted by molar-refractivity contribution is -0.131. The maximum absolute atomic E-state index is 10.4. The highest BCUT2D eigenvalue weighted by atomic mass is 79.9. The predicted molar refractivity (Wildman–Crippen MR) is 59.2 cm³/mol. The van der Waals surface area contributed by atoms with Crippen molar-refractivity contribution < 1.29 is 9.90 Å². The molecule has 1 aromatic carbocycles. The van der Waals surface area contributed by atoms with Crippen molar-refractivity contribution in [2.75, 3.05) is 0 Å². The monoisotopic (exact) mass is 254 g/mol. The molecule has 0 saturated carbocycles. The molecular formula is C11H11BrO2. The van der Waals surface area contributed by atoms with Gasteiger partial charge in [0, 0.05) is 10.5 Å². The number of hydrogen-bond acceptors (Lipinski definition) is 1. The van der Waals surface area contributed by atoms with E-state index in [0.717, 1.165) is 15.6 Å². The summed E-state index contributed by atoms with van der Waals surface area (Å²) in [6.45, 7) is 1.81. The molecule has 0 amide bonds. The van der Waals surface area contributed by atoms with E-state index >= 15 is 0 Å². The molecule has 0 aliphatic carbocycles. The smallest absolute Gasteiger partial charge is 0.328 e. The second-order valence-corrected chi connectivity index (χ2v) is 4.05. The van der Waals surface area contributed by atoms with Gasteiger partial charge in [-0.3, -0.25) is 0 Å². The highest BCUT2D eigenvalue weighted by molar-refractivity contribution is 9.10. The van der Waals surface area contributed by atoms with Gasteiger partial charge in [0.2, 0.25) is 0 Å². The molecule has 0 bridgehead atoms. The van der Waals surface area contributed by atoms with Crippen LogP contribution in [0.5, 0.6) is 0 Å². The summed E-state index contributed by atoms with van der Waals surface area (Å²) < 4.78 is 1.01. The molecule has 0 unspecified atom stereocenters. The molecule has 0 saturated heterocycles. The number of rotatable bonds is 3. The topological polar surface area (TPSA) is 37.3 Å². The van der Waals surface area contributed by atoms with Crippen molar-refractivity contribution in [3.8, 4) is 0 Å². The Kier molecular flexibility index (Phi) is 3.89. The first-order chi connectivity index (χ1) is 6.58. The molecule has 0 atom stereocenters. The Morgan fingerprint density at radius 1 is 1.57 bits per heavy atom. The lowest BCUT2D eigenvalue weighted by Crippen LogP contribution is -1.93. The van der Waals surface area contributed by atoms with Crippen LogP contribution in [0.4, 0.5) is 0 Å². The van der Waals surface area contributed by atoms with Crippen molar-refractivity contribution in [3.05, 3.63) is 46.0 Å². The van der Waals surface area contributed by atoms with E-state index < -0.39 is 5.97 Å². The van der Waals surface area contributed by atoms with Crippen LogP contribution in [0.3, 0.4) is 0 Å². The second-order valence-electron chi connectivity index (χ2n) is 3.14. The standard InChI is InChI=1S/C11H11BrO2/c1-8(6-11(13)14)5-9-3-2-4-10(12)7-9/h2-4,6-7H,5H2,1H3,(H,13,14)/b8-6-. The van der Waals surface area contributed by atoms with Gasteiger partial charge in [0.25, 0.3) is 0 Å². The summed E-state index contributed by atoms with van der Waals surface area (Å²) in [5.41, 5.74) is 1.95. The largest absolute Gasteiger partial charge is 0.478 e. The molecule has 0 aromatic heterocycles. The Hall–Kier alpha value is -1.09. The zero-order valence-electron chi connectivity index (χ0n) is 7.83. The van der Waals surface area contributed by atoms with Crippen LogP contribution in [-0.4, -0.2) is 11.1 Å². The van der Waals surface area contributed by atoms with Crippen molar-refractivity contribution in [2.24, 2.45) is 0 Å². The summed E-state index contributed by atoms with van der Waals surface area (Å²) in [7, 11) is 0. The molecule has 14 heavy (non-hydrogen) atoms. The average molecular weight is 255 g/mol. The minimum absolute atomic E-state index is 0.672. The van der Waals surface area contributed by atoms with Gasteiger partial charge in [-0.1, -0.05) is 33.6 Å². The quantitative estimate of drug-likeness (QED) is 0.843. The van der Waals surface area contributed by atoms with Crippen LogP contribution in [0, 0.1) is 0 Å². The molecule has 1 aromatic rings. The number of carbonyl (C=O) groups is 1. The van der Waals surface area contributed by atoms with E-state index in [1.165, 1.54) is 6.08 Å². The van der Waals surface area contributed by atoms with Crippen molar-refractivity contribution >= 4 is 21.9 Å². The highest BCUT2D eigenvalue weighted by Crippen LogP contribution is 2.14. The Bertz CT molecular complexity index is 369. The number of benzene rings is 1. The minimum atomic E-state index is -0.891. The minimum Gasteiger partial charge on any atom is -0.478 e. The Balaban J connectivity index is 2.74. The summed E-state index contributed by atoms with van der Waals surface area (Å²) in [5, 5.41) is 8.53.